The van der Waals surface area contributed by atoms with E-state index >= 15 is 0 Å². The van der Waals surface area contributed by atoms with Crippen LogP contribution in [0.1, 0.15) is 38.7 Å². The highest BCUT2D eigenvalue weighted by atomic mass is 19.1. The number of benzene rings is 1. The van der Waals surface area contributed by atoms with Gasteiger partial charge in [0.15, 0.2) is 5.69 Å². The number of nitrogens with two attached hydrogens (primary N) is 1. The van der Waals surface area contributed by atoms with Gasteiger partial charge in [-0.3, -0.25) is 19.1 Å². The summed E-state index contributed by atoms with van der Waals surface area (Å²) in [6.07, 6.45) is 4.97. The van der Waals surface area contributed by atoms with Crippen molar-refractivity contribution in [2.24, 2.45) is 0 Å². The van der Waals surface area contributed by atoms with Gasteiger partial charge in [-0.2, -0.15) is 0 Å². The van der Waals surface area contributed by atoms with Crippen LogP contribution < -0.4 is 21.9 Å². The van der Waals surface area contributed by atoms with E-state index in [9.17, 15) is 18.8 Å². The summed E-state index contributed by atoms with van der Waals surface area (Å²) < 4.78 is 14.3. The van der Waals surface area contributed by atoms with Crippen LogP contribution in [0, 0.1) is 5.82 Å². The number of nitrogens with one attached hydrogen (secondary N) is 1. The molecule has 2 rings (SSSR count). The molecule has 2 aromatic rings. The van der Waals surface area contributed by atoms with Gasteiger partial charge in [0.2, 0.25) is 0 Å². The molecular formula is C20H25FN4O3. The molecule has 0 aliphatic carbocycles. The molecule has 1 aromatic heterocycles. The Morgan fingerprint density at radius 3 is 2.50 bits per heavy atom. The number of H-pyrrole nitrogens is 1. The summed E-state index contributed by atoms with van der Waals surface area (Å²) in [5.74, 6) is -0.854. The Labute approximate surface area is 162 Å². The SMILES string of the molecule is CCCCn1c(N)c(N(CCC)C(=O)/C=C/c2ccc(F)cc2)c(=O)[nH]c1=O. The van der Waals surface area contributed by atoms with Crippen LogP contribution in [0.3, 0.4) is 0 Å². The summed E-state index contributed by atoms with van der Waals surface area (Å²) in [4.78, 5) is 40.8. The van der Waals surface area contributed by atoms with Gasteiger partial charge in [0.25, 0.3) is 11.5 Å². The van der Waals surface area contributed by atoms with Crippen LogP contribution in [-0.4, -0.2) is 22.0 Å². The molecule has 0 saturated heterocycles. The number of halogens is 1. The van der Waals surface area contributed by atoms with Crippen molar-refractivity contribution in [3.05, 3.63) is 62.6 Å². The molecule has 0 atom stereocenters. The second-order valence-electron chi connectivity index (χ2n) is 6.37. The Kier molecular flexibility index (Phi) is 7.31. The predicted molar refractivity (Wildman–Crippen MR) is 109 cm³/mol. The van der Waals surface area contributed by atoms with Crippen molar-refractivity contribution in [3.8, 4) is 0 Å². The Hall–Kier alpha value is -3.16. The number of hydrogen-bond donors (Lipinski definition) is 2. The van der Waals surface area contributed by atoms with Crippen LogP contribution in [0.4, 0.5) is 15.9 Å². The van der Waals surface area contributed by atoms with Crippen molar-refractivity contribution in [2.45, 2.75) is 39.7 Å². The number of unbranched alkanes of at least 4 members (excludes halogenated alkanes) is 1. The minimum atomic E-state index is -0.702. The zero-order valence-corrected chi connectivity index (χ0v) is 16.1. The number of carbonyl (C=O) groups excluding carboxylic acids is 1. The number of carbonyl (C=O) groups is 1. The number of nitrogen functional groups attached to an aromatic ring is 1. The first-order valence-corrected chi connectivity index (χ1v) is 9.26. The Morgan fingerprint density at radius 1 is 1.21 bits per heavy atom. The zero-order chi connectivity index (χ0) is 20.7. The summed E-state index contributed by atoms with van der Waals surface area (Å²) in [6, 6.07) is 5.66. The van der Waals surface area contributed by atoms with Crippen LogP contribution in [0.25, 0.3) is 6.08 Å². The van der Waals surface area contributed by atoms with Gasteiger partial charge in [0.1, 0.15) is 11.6 Å². The van der Waals surface area contributed by atoms with Gasteiger partial charge in [-0.1, -0.05) is 32.4 Å². The lowest BCUT2D eigenvalue weighted by Gasteiger charge is -2.23. The molecule has 0 bridgehead atoms. The lowest BCUT2D eigenvalue weighted by Crippen LogP contribution is -2.41. The van der Waals surface area contributed by atoms with Crippen molar-refractivity contribution in [1.82, 2.24) is 9.55 Å². The monoisotopic (exact) mass is 388 g/mol. The van der Waals surface area contributed by atoms with E-state index in [0.29, 0.717) is 24.9 Å². The molecule has 0 fully saturated rings. The fourth-order valence-electron chi connectivity index (χ4n) is 2.76. The van der Waals surface area contributed by atoms with Gasteiger partial charge in [0.05, 0.1) is 0 Å². The van der Waals surface area contributed by atoms with Crippen LogP contribution in [0.15, 0.2) is 39.9 Å². The highest BCUT2D eigenvalue weighted by molar-refractivity contribution is 6.05. The Morgan fingerprint density at radius 2 is 1.89 bits per heavy atom. The van der Waals surface area contributed by atoms with Crippen LogP contribution in [0.5, 0.6) is 0 Å². The van der Waals surface area contributed by atoms with Crippen LogP contribution in [-0.2, 0) is 11.3 Å². The maximum absolute atomic E-state index is 13.0. The highest BCUT2D eigenvalue weighted by Crippen LogP contribution is 2.18. The number of anilines is 2. The number of rotatable bonds is 8. The fraction of sp³-hybridized carbons (Fsp3) is 0.350. The second-order valence-corrected chi connectivity index (χ2v) is 6.37. The fourth-order valence-corrected chi connectivity index (χ4v) is 2.76. The summed E-state index contributed by atoms with van der Waals surface area (Å²) >= 11 is 0. The molecule has 3 N–H and O–H groups in total. The molecule has 0 unspecified atom stereocenters. The first kappa shape index (κ1) is 21.1. The second kappa shape index (κ2) is 9.68. The molecule has 0 saturated carbocycles. The summed E-state index contributed by atoms with van der Waals surface area (Å²) in [7, 11) is 0. The largest absolute Gasteiger partial charge is 0.383 e. The van der Waals surface area contributed by atoms with Gasteiger partial charge in [-0.15, -0.1) is 0 Å². The van der Waals surface area contributed by atoms with Gasteiger partial charge in [-0.25, -0.2) is 9.18 Å². The number of aromatic nitrogens is 2. The average Bonchev–Trinajstić information content (AvgIpc) is 2.66. The van der Waals surface area contributed by atoms with E-state index in [1.54, 1.807) is 0 Å². The van der Waals surface area contributed by atoms with Crippen molar-refractivity contribution >= 4 is 23.5 Å². The Bertz CT molecular complexity index is 961. The molecule has 0 aliphatic heterocycles. The van der Waals surface area contributed by atoms with Crippen LogP contribution in [0.2, 0.25) is 0 Å². The minimum Gasteiger partial charge on any atom is -0.383 e. The first-order chi connectivity index (χ1) is 13.4. The van der Waals surface area contributed by atoms with Crippen molar-refractivity contribution in [1.29, 1.82) is 0 Å². The standard InChI is InChI=1S/C20H25FN4O3/c1-3-5-13-25-18(22)17(19(27)23-20(25)28)24(12-4-2)16(26)11-8-14-6-9-15(21)10-7-14/h6-11H,3-5,12-13,22H2,1-2H3,(H,23,27,28)/b11-8+. The first-order valence-electron chi connectivity index (χ1n) is 9.26. The molecule has 7 nitrogen and oxygen atoms in total. The van der Waals surface area contributed by atoms with Crippen LogP contribution >= 0.6 is 0 Å². The molecule has 1 aromatic carbocycles. The van der Waals surface area contributed by atoms with Gasteiger partial charge in [-0.05, 0) is 36.6 Å². The van der Waals surface area contributed by atoms with E-state index in [1.165, 1.54) is 45.9 Å². The highest BCUT2D eigenvalue weighted by Gasteiger charge is 2.22. The maximum Gasteiger partial charge on any atom is 0.330 e. The molecule has 0 radical (unpaired) electrons. The minimum absolute atomic E-state index is 0.0285. The summed E-state index contributed by atoms with van der Waals surface area (Å²) in [5.41, 5.74) is 5.41. The predicted octanol–water partition coefficient (Wildman–Crippen LogP) is 2.51. The number of aromatic amines is 1. The van der Waals surface area contributed by atoms with Gasteiger partial charge >= 0.3 is 5.69 Å². The molecule has 8 heteroatoms. The van der Waals surface area contributed by atoms with E-state index in [0.717, 1.165) is 6.42 Å². The molecule has 1 heterocycles. The third kappa shape index (κ3) is 4.97. The molecule has 0 spiro atoms. The van der Waals surface area contributed by atoms with E-state index in [-0.39, 0.29) is 23.9 Å². The van der Waals surface area contributed by atoms with Crippen molar-refractivity contribution < 1.29 is 9.18 Å². The third-order valence-electron chi connectivity index (χ3n) is 4.22. The van der Waals surface area contributed by atoms with Crippen molar-refractivity contribution in [3.63, 3.8) is 0 Å². The molecular weight excluding hydrogens is 363 g/mol. The average molecular weight is 388 g/mol. The third-order valence-corrected chi connectivity index (χ3v) is 4.22. The number of nitrogens with zero attached hydrogens (tertiary/aromatic N) is 2. The van der Waals surface area contributed by atoms with E-state index in [4.69, 9.17) is 5.73 Å². The normalized spacial score (nSPS) is 11.1. The van der Waals surface area contributed by atoms with Gasteiger partial charge in [0, 0.05) is 19.2 Å². The van der Waals surface area contributed by atoms with Crippen molar-refractivity contribution in [2.75, 3.05) is 17.2 Å². The van der Waals surface area contributed by atoms with E-state index in [1.807, 2.05) is 13.8 Å². The molecule has 150 valence electrons. The quantitative estimate of drug-likeness (QED) is 0.679. The number of amides is 1. The maximum atomic E-state index is 13.0. The lowest BCUT2D eigenvalue weighted by molar-refractivity contribution is -0.114. The smallest absolute Gasteiger partial charge is 0.330 e. The van der Waals surface area contributed by atoms with Gasteiger partial charge < -0.3 is 10.6 Å². The summed E-state index contributed by atoms with van der Waals surface area (Å²) in [6.45, 7) is 4.44. The Balaban J connectivity index is 2.42. The van der Waals surface area contributed by atoms with E-state index in [2.05, 4.69) is 4.98 Å². The molecule has 28 heavy (non-hydrogen) atoms. The number of hydrogen-bond acceptors (Lipinski definition) is 4. The zero-order valence-electron chi connectivity index (χ0n) is 16.1. The molecule has 0 aliphatic rings. The summed E-state index contributed by atoms with van der Waals surface area (Å²) in [5, 5.41) is 0. The lowest BCUT2D eigenvalue weighted by atomic mass is 10.2. The van der Waals surface area contributed by atoms with E-state index < -0.39 is 17.2 Å². The molecule has 1 amide bonds. The topological polar surface area (TPSA) is 101 Å².